The van der Waals surface area contributed by atoms with E-state index >= 15 is 0 Å². The fraction of sp³-hybridized carbons (Fsp3) is 0.238. The molecule has 1 heterocycles. The predicted octanol–water partition coefficient (Wildman–Crippen LogP) is 4.12. The Bertz CT molecular complexity index is 929. The highest BCUT2D eigenvalue weighted by molar-refractivity contribution is 5.54. The topological polar surface area (TPSA) is 67.0 Å². The number of aryl methyl sites for hydroxylation is 2. The minimum atomic E-state index is -0.119. The summed E-state index contributed by atoms with van der Waals surface area (Å²) in [7, 11) is 0. The van der Waals surface area contributed by atoms with Crippen molar-refractivity contribution in [3.63, 3.8) is 0 Å². The Hall–Kier alpha value is -3.08. The second-order valence-corrected chi connectivity index (χ2v) is 6.22. The van der Waals surface area contributed by atoms with Gasteiger partial charge in [-0.1, -0.05) is 29.8 Å². The summed E-state index contributed by atoms with van der Waals surface area (Å²) in [5.74, 6) is 1.24. The molecule has 0 saturated heterocycles. The minimum Gasteiger partial charge on any atom is -0.494 e. The molecule has 1 aromatic heterocycles. The summed E-state index contributed by atoms with van der Waals surface area (Å²) in [4.78, 5) is 19.8. The van der Waals surface area contributed by atoms with E-state index in [4.69, 9.17) is 4.74 Å². The van der Waals surface area contributed by atoms with Crippen LogP contribution in [0.15, 0.2) is 53.3 Å². The number of benzene rings is 2. The van der Waals surface area contributed by atoms with Crippen LogP contribution >= 0.6 is 0 Å². The lowest BCUT2D eigenvalue weighted by molar-refractivity contribution is 0.340. The number of rotatable bonds is 6. The molecule has 0 aliphatic rings. The van der Waals surface area contributed by atoms with Gasteiger partial charge in [-0.15, -0.1) is 0 Å². The molecule has 134 valence electrons. The zero-order chi connectivity index (χ0) is 18.5. The fourth-order valence-electron chi connectivity index (χ4n) is 2.73. The van der Waals surface area contributed by atoms with Gasteiger partial charge in [0.1, 0.15) is 5.75 Å². The molecule has 0 aliphatic carbocycles. The van der Waals surface area contributed by atoms with Crippen molar-refractivity contribution >= 4 is 11.6 Å². The molecule has 0 amide bonds. The van der Waals surface area contributed by atoms with Crippen molar-refractivity contribution in [1.82, 2.24) is 9.97 Å². The number of ether oxygens (including phenoxy) is 1. The van der Waals surface area contributed by atoms with Crippen LogP contribution in [-0.2, 0) is 6.42 Å². The number of H-pyrrole nitrogens is 1. The fourth-order valence-corrected chi connectivity index (χ4v) is 2.73. The Morgan fingerprint density at radius 2 is 1.73 bits per heavy atom. The van der Waals surface area contributed by atoms with E-state index in [1.54, 1.807) is 0 Å². The molecule has 2 aromatic carbocycles. The normalized spacial score (nSPS) is 10.6. The van der Waals surface area contributed by atoms with Crippen molar-refractivity contribution in [3.8, 4) is 5.75 Å². The first kappa shape index (κ1) is 17.7. The Balaban J connectivity index is 1.78. The molecule has 0 fully saturated rings. The highest BCUT2D eigenvalue weighted by atomic mass is 16.5. The third-order valence-electron chi connectivity index (χ3n) is 4.15. The molecule has 2 N–H and O–H groups in total. The molecule has 0 aliphatic heterocycles. The van der Waals surface area contributed by atoms with Gasteiger partial charge in [0.15, 0.2) is 0 Å². The maximum Gasteiger partial charge on any atom is 0.256 e. The van der Waals surface area contributed by atoms with Gasteiger partial charge in [0.2, 0.25) is 5.95 Å². The molecule has 0 saturated carbocycles. The zero-order valence-corrected chi connectivity index (χ0v) is 15.3. The Morgan fingerprint density at radius 1 is 1.04 bits per heavy atom. The van der Waals surface area contributed by atoms with Crippen molar-refractivity contribution in [2.75, 3.05) is 11.9 Å². The van der Waals surface area contributed by atoms with E-state index in [9.17, 15) is 4.79 Å². The van der Waals surface area contributed by atoms with Gasteiger partial charge in [-0.2, -0.15) is 0 Å². The lowest BCUT2D eigenvalue weighted by Gasteiger charge is -2.10. The molecule has 0 bridgehead atoms. The number of aromatic nitrogens is 2. The average molecular weight is 349 g/mol. The van der Waals surface area contributed by atoms with E-state index in [0.717, 1.165) is 22.7 Å². The van der Waals surface area contributed by atoms with Gasteiger partial charge >= 0.3 is 0 Å². The molecule has 26 heavy (non-hydrogen) atoms. The highest BCUT2D eigenvalue weighted by Crippen LogP contribution is 2.18. The molecular weight excluding hydrogens is 326 g/mol. The van der Waals surface area contributed by atoms with Crippen molar-refractivity contribution < 1.29 is 4.74 Å². The van der Waals surface area contributed by atoms with Crippen LogP contribution in [0.1, 0.15) is 29.3 Å². The largest absolute Gasteiger partial charge is 0.494 e. The van der Waals surface area contributed by atoms with Gasteiger partial charge in [-0.25, -0.2) is 4.98 Å². The van der Waals surface area contributed by atoms with E-state index in [-0.39, 0.29) is 5.56 Å². The maximum atomic E-state index is 12.5. The smallest absolute Gasteiger partial charge is 0.256 e. The number of nitrogens with zero attached hydrogens (tertiary/aromatic N) is 1. The standard InChI is InChI=1S/C21H23N3O2/c1-4-26-18-11-9-17(10-12-18)23-21-22-15(3)19(20(25)24-21)13-16-7-5-14(2)6-8-16/h5-12H,4,13H2,1-3H3,(H2,22,23,24,25). The first-order valence-corrected chi connectivity index (χ1v) is 8.70. The van der Waals surface area contributed by atoms with Crippen molar-refractivity contribution in [1.29, 1.82) is 0 Å². The van der Waals surface area contributed by atoms with Crippen LogP contribution in [0, 0.1) is 13.8 Å². The van der Waals surface area contributed by atoms with Crippen molar-refractivity contribution in [2.45, 2.75) is 27.2 Å². The summed E-state index contributed by atoms with van der Waals surface area (Å²) >= 11 is 0. The Labute approximate surface area is 153 Å². The van der Waals surface area contributed by atoms with E-state index in [2.05, 4.69) is 15.3 Å². The molecule has 0 spiro atoms. The van der Waals surface area contributed by atoms with Crippen molar-refractivity contribution in [3.05, 3.63) is 81.3 Å². The first-order valence-electron chi connectivity index (χ1n) is 8.70. The number of hydrogen-bond acceptors (Lipinski definition) is 4. The summed E-state index contributed by atoms with van der Waals surface area (Å²) in [5, 5.41) is 3.13. The molecule has 5 nitrogen and oxygen atoms in total. The monoisotopic (exact) mass is 349 g/mol. The summed E-state index contributed by atoms with van der Waals surface area (Å²) in [6, 6.07) is 15.7. The SMILES string of the molecule is CCOc1ccc(Nc2nc(C)c(Cc3ccc(C)cc3)c(=O)[nH]2)cc1. The number of anilines is 2. The Kier molecular flexibility index (Phi) is 5.37. The lowest BCUT2D eigenvalue weighted by Crippen LogP contribution is -2.18. The van der Waals surface area contributed by atoms with Crippen molar-refractivity contribution in [2.24, 2.45) is 0 Å². The predicted molar refractivity (Wildman–Crippen MR) is 104 cm³/mol. The van der Waals surface area contributed by atoms with Crippen LogP contribution in [-0.4, -0.2) is 16.6 Å². The van der Waals surface area contributed by atoms with E-state index in [1.165, 1.54) is 5.56 Å². The van der Waals surface area contributed by atoms with E-state index in [1.807, 2.05) is 69.3 Å². The van der Waals surface area contributed by atoms with E-state index in [0.29, 0.717) is 24.5 Å². The molecule has 3 aromatic rings. The van der Waals surface area contributed by atoms with Crippen LogP contribution < -0.4 is 15.6 Å². The van der Waals surface area contributed by atoms with Crippen LogP contribution in [0.4, 0.5) is 11.6 Å². The highest BCUT2D eigenvalue weighted by Gasteiger charge is 2.09. The van der Waals surface area contributed by atoms with E-state index < -0.39 is 0 Å². The Morgan fingerprint density at radius 3 is 2.35 bits per heavy atom. The van der Waals surface area contributed by atoms with Crippen LogP contribution in [0.3, 0.4) is 0 Å². The average Bonchev–Trinajstić information content (AvgIpc) is 2.62. The van der Waals surface area contributed by atoms with Gasteiger partial charge in [-0.05, 0) is 50.6 Å². The molecule has 5 heteroatoms. The first-order chi connectivity index (χ1) is 12.5. The second-order valence-electron chi connectivity index (χ2n) is 6.22. The zero-order valence-electron chi connectivity index (χ0n) is 15.3. The lowest BCUT2D eigenvalue weighted by atomic mass is 10.0. The molecule has 0 atom stereocenters. The quantitative estimate of drug-likeness (QED) is 0.702. The van der Waals surface area contributed by atoms with Gasteiger partial charge < -0.3 is 10.1 Å². The number of aromatic amines is 1. The van der Waals surface area contributed by atoms with Gasteiger partial charge in [-0.3, -0.25) is 9.78 Å². The molecular formula is C21H23N3O2. The summed E-state index contributed by atoms with van der Waals surface area (Å²) in [6.07, 6.45) is 0.567. The van der Waals surface area contributed by atoms with Gasteiger partial charge in [0.25, 0.3) is 5.56 Å². The third-order valence-corrected chi connectivity index (χ3v) is 4.15. The molecule has 0 radical (unpaired) electrons. The third kappa shape index (κ3) is 4.30. The number of hydrogen-bond donors (Lipinski definition) is 2. The maximum absolute atomic E-state index is 12.5. The summed E-state index contributed by atoms with van der Waals surface area (Å²) < 4.78 is 5.43. The molecule has 3 rings (SSSR count). The summed E-state index contributed by atoms with van der Waals surface area (Å²) in [6.45, 7) is 6.48. The molecule has 0 unspecified atom stereocenters. The second kappa shape index (κ2) is 7.87. The van der Waals surface area contributed by atoms with Crippen LogP contribution in [0.25, 0.3) is 0 Å². The van der Waals surface area contributed by atoms with Crippen LogP contribution in [0.2, 0.25) is 0 Å². The summed E-state index contributed by atoms with van der Waals surface area (Å²) in [5.41, 5.74) is 4.42. The van der Waals surface area contributed by atoms with Crippen LogP contribution in [0.5, 0.6) is 5.75 Å². The van der Waals surface area contributed by atoms with Gasteiger partial charge in [0.05, 0.1) is 12.3 Å². The minimum absolute atomic E-state index is 0.119. The van der Waals surface area contributed by atoms with Gasteiger partial charge in [0, 0.05) is 17.7 Å². The number of nitrogens with one attached hydrogen (secondary N) is 2.